The zero-order valence-electron chi connectivity index (χ0n) is 13.1. The standard InChI is InChI=1S/C16H25NO4/c1-4-11-21-16-13(7-6-8-14(16)20-5-2)12-17(3)10-9-15(18)19/h6-8H,4-5,9-12H2,1-3H3,(H,18,19). The summed E-state index contributed by atoms with van der Waals surface area (Å²) in [5.74, 6) is 0.728. The van der Waals surface area contributed by atoms with Gasteiger partial charge in [-0.05, 0) is 26.5 Å². The smallest absolute Gasteiger partial charge is 0.304 e. The predicted octanol–water partition coefficient (Wildman–Crippen LogP) is 2.78. The van der Waals surface area contributed by atoms with Crippen LogP contribution < -0.4 is 9.47 Å². The first-order valence-corrected chi connectivity index (χ1v) is 7.36. The molecule has 1 rings (SSSR count). The number of carbonyl (C=O) groups is 1. The van der Waals surface area contributed by atoms with E-state index in [4.69, 9.17) is 14.6 Å². The minimum Gasteiger partial charge on any atom is -0.490 e. The van der Waals surface area contributed by atoms with Crippen molar-refractivity contribution in [2.24, 2.45) is 0 Å². The Kier molecular flexibility index (Phi) is 7.61. The molecule has 118 valence electrons. The molecular weight excluding hydrogens is 270 g/mol. The van der Waals surface area contributed by atoms with Crippen molar-refractivity contribution in [3.05, 3.63) is 23.8 Å². The highest BCUT2D eigenvalue weighted by atomic mass is 16.5. The summed E-state index contributed by atoms with van der Waals surface area (Å²) in [5, 5.41) is 8.74. The molecule has 1 aromatic carbocycles. The molecule has 0 bridgehead atoms. The van der Waals surface area contributed by atoms with E-state index >= 15 is 0 Å². The zero-order chi connectivity index (χ0) is 15.7. The largest absolute Gasteiger partial charge is 0.490 e. The molecule has 0 spiro atoms. The average Bonchev–Trinajstić information content (AvgIpc) is 2.45. The highest BCUT2D eigenvalue weighted by Gasteiger charge is 2.13. The van der Waals surface area contributed by atoms with E-state index in [1.165, 1.54) is 0 Å². The maximum Gasteiger partial charge on any atom is 0.304 e. The number of hydrogen-bond acceptors (Lipinski definition) is 4. The van der Waals surface area contributed by atoms with Crippen LogP contribution in [-0.2, 0) is 11.3 Å². The Balaban J connectivity index is 2.83. The zero-order valence-corrected chi connectivity index (χ0v) is 13.1. The van der Waals surface area contributed by atoms with Gasteiger partial charge in [-0.2, -0.15) is 0 Å². The number of rotatable bonds is 10. The molecule has 21 heavy (non-hydrogen) atoms. The van der Waals surface area contributed by atoms with Gasteiger partial charge in [0.2, 0.25) is 0 Å². The van der Waals surface area contributed by atoms with Gasteiger partial charge >= 0.3 is 5.97 Å². The third-order valence-corrected chi connectivity index (χ3v) is 2.96. The van der Waals surface area contributed by atoms with E-state index in [-0.39, 0.29) is 6.42 Å². The van der Waals surface area contributed by atoms with Crippen LogP contribution in [0.4, 0.5) is 0 Å². The Bertz CT molecular complexity index is 448. The van der Waals surface area contributed by atoms with Crippen molar-refractivity contribution >= 4 is 5.97 Å². The van der Waals surface area contributed by atoms with Crippen molar-refractivity contribution in [2.75, 3.05) is 26.8 Å². The van der Waals surface area contributed by atoms with Gasteiger partial charge in [0.1, 0.15) is 0 Å². The number of benzene rings is 1. The van der Waals surface area contributed by atoms with E-state index in [0.29, 0.717) is 26.3 Å². The third kappa shape index (κ3) is 6.04. The third-order valence-electron chi connectivity index (χ3n) is 2.96. The molecule has 1 aromatic rings. The number of carboxylic acids is 1. The predicted molar refractivity (Wildman–Crippen MR) is 82.0 cm³/mol. The monoisotopic (exact) mass is 295 g/mol. The summed E-state index contributed by atoms with van der Waals surface area (Å²) in [6.07, 6.45) is 1.06. The summed E-state index contributed by atoms with van der Waals surface area (Å²) in [6, 6.07) is 5.82. The van der Waals surface area contributed by atoms with Crippen LogP contribution in [0.5, 0.6) is 11.5 Å². The molecule has 5 heteroatoms. The molecule has 0 heterocycles. The van der Waals surface area contributed by atoms with Gasteiger partial charge in [0.25, 0.3) is 0 Å². The van der Waals surface area contributed by atoms with Crippen molar-refractivity contribution in [1.29, 1.82) is 0 Å². The van der Waals surface area contributed by atoms with E-state index in [2.05, 4.69) is 6.92 Å². The minimum atomic E-state index is -0.785. The molecule has 0 radical (unpaired) electrons. The molecule has 5 nitrogen and oxygen atoms in total. The van der Waals surface area contributed by atoms with E-state index in [1.807, 2.05) is 37.1 Å². The van der Waals surface area contributed by atoms with Crippen molar-refractivity contribution in [1.82, 2.24) is 4.90 Å². The molecule has 0 unspecified atom stereocenters. The Morgan fingerprint density at radius 1 is 1.29 bits per heavy atom. The SMILES string of the molecule is CCCOc1c(CN(C)CCC(=O)O)cccc1OCC. The van der Waals surface area contributed by atoms with Crippen LogP contribution in [-0.4, -0.2) is 42.8 Å². The second-order valence-corrected chi connectivity index (χ2v) is 4.91. The summed E-state index contributed by atoms with van der Waals surface area (Å²) in [6.45, 7) is 6.35. The summed E-state index contributed by atoms with van der Waals surface area (Å²) in [7, 11) is 1.90. The molecule has 0 saturated carbocycles. The lowest BCUT2D eigenvalue weighted by atomic mass is 10.1. The van der Waals surface area contributed by atoms with Crippen LogP contribution in [0, 0.1) is 0 Å². The van der Waals surface area contributed by atoms with Crippen LogP contribution in [0.25, 0.3) is 0 Å². The highest BCUT2D eigenvalue weighted by Crippen LogP contribution is 2.32. The summed E-state index contributed by atoms with van der Waals surface area (Å²) >= 11 is 0. The maximum absolute atomic E-state index is 10.6. The van der Waals surface area contributed by atoms with Gasteiger partial charge in [-0.15, -0.1) is 0 Å². The maximum atomic E-state index is 10.6. The number of carboxylic acid groups (broad SMARTS) is 1. The highest BCUT2D eigenvalue weighted by molar-refractivity contribution is 5.66. The number of ether oxygens (including phenoxy) is 2. The Morgan fingerprint density at radius 2 is 2.05 bits per heavy atom. The van der Waals surface area contributed by atoms with Crippen molar-refractivity contribution in [3.63, 3.8) is 0 Å². The van der Waals surface area contributed by atoms with Gasteiger partial charge in [-0.1, -0.05) is 19.1 Å². The number of hydrogen-bond donors (Lipinski definition) is 1. The molecule has 0 amide bonds. The lowest BCUT2D eigenvalue weighted by molar-refractivity contribution is -0.137. The Labute approximate surface area is 126 Å². The van der Waals surface area contributed by atoms with Crippen molar-refractivity contribution < 1.29 is 19.4 Å². The average molecular weight is 295 g/mol. The van der Waals surface area contributed by atoms with E-state index < -0.39 is 5.97 Å². The lowest BCUT2D eigenvalue weighted by Gasteiger charge is -2.20. The number of nitrogens with zero attached hydrogens (tertiary/aromatic N) is 1. The lowest BCUT2D eigenvalue weighted by Crippen LogP contribution is -2.21. The normalized spacial score (nSPS) is 10.7. The topological polar surface area (TPSA) is 59.0 Å². The van der Waals surface area contributed by atoms with Crippen molar-refractivity contribution in [3.8, 4) is 11.5 Å². The second kappa shape index (κ2) is 9.23. The molecule has 0 saturated heterocycles. The fraction of sp³-hybridized carbons (Fsp3) is 0.562. The van der Waals surface area contributed by atoms with Crippen molar-refractivity contribution in [2.45, 2.75) is 33.2 Å². The van der Waals surface area contributed by atoms with Gasteiger partial charge in [0.15, 0.2) is 11.5 Å². The minimum absolute atomic E-state index is 0.132. The van der Waals surface area contributed by atoms with Gasteiger partial charge in [0.05, 0.1) is 19.6 Å². The quantitative estimate of drug-likeness (QED) is 0.719. The van der Waals surface area contributed by atoms with Crippen LogP contribution in [0.2, 0.25) is 0 Å². The molecule has 0 aliphatic heterocycles. The Morgan fingerprint density at radius 3 is 2.67 bits per heavy atom. The Hall–Kier alpha value is -1.75. The molecule has 0 atom stereocenters. The second-order valence-electron chi connectivity index (χ2n) is 4.91. The van der Waals surface area contributed by atoms with Gasteiger partial charge < -0.3 is 19.5 Å². The summed E-state index contributed by atoms with van der Waals surface area (Å²) < 4.78 is 11.4. The molecule has 0 aromatic heterocycles. The number of para-hydroxylation sites is 1. The molecular formula is C16H25NO4. The fourth-order valence-corrected chi connectivity index (χ4v) is 1.98. The molecule has 0 aliphatic carbocycles. The molecule has 0 aliphatic rings. The summed E-state index contributed by atoms with van der Waals surface area (Å²) in [4.78, 5) is 12.6. The van der Waals surface area contributed by atoms with Gasteiger partial charge in [0, 0.05) is 18.7 Å². The van der Waals surface area contributed by atoms with Crippen LogP contribution in [0.15, 0.2) is 18.2 Å². The number of aliphatic carboxylic acids is 1. The fourth-order valence-electron chi connectivity index (χ4n) is 1.98. The summed E-state index contributed by atoms with van der Waals surface area (Å²) in [5.41, 5.74) is 1.02. The molecule has 1 N–H and O–H groups in total. The first kappa shape index (κ1) is 17.3. The van der Waals surface area contributed by atoms with Crippen LogP contribution in [0.1, 0.15) is 32.3 Å². The van der Waals surface area contributed by atoms with Crippen LogP contribution in [0.3, 0.4) is 0 Å². The van der Waals surface area contributed by atoms with Crippen LogP contribution >= 0.6 is 0 Å². The van der Waals surface area contributed by atoms with E-state index in [9.17, 15) is 4.79 Å². The molecule has 0 fully saturated rings. The van der Waals surface area contributed by atoms with E-state index in [0.717, 1.165) is 23.5 Å². The van der Waals surface area contributed by atoms with E-state index in [1.54, 1.807) is 0 Å². The first-order valence-electron chi connectivity index (χ1n) is 7.36. The van der Waals surface area contributed by atoms with Gasteiger partial charge in [-0.25, -0.2) is 0 Å². The van der Waals surface area contributed by atoms with Gasteiger partial charge in [-0.3, -0.25) is 4.79 Å². The first-order chi connectivity index (χ1) is 10.1.